The first kappa shape index (κ1) is 12.1. The van der Waals surface area contributed by atoms with Gasteiger partial charge in [0.25, 0.3) is 0 Å². The molecule has 0 aromatic heterocycles. The molecule has 0 bridgehead atoms. The Kier molecular flexibility index (Phi) is 3.82. The molecule has 1 unspecified atom stereocenters. The minimum Gasteiger partial charge on any atom is -0.496 e. The van der Waals surface area contributed by atoms with Crippen molar-refractivity contribution >= 4 is 15.9 Å². The second-order valence-corrected chi connectivity index (χ2v) is 4.52. The van der Waals surface area contributed by atoms with Crippen molar-refractivity contribution in [1.82, 2.24) is 0 Å². The Morgan fingerprint density at radius 3 is 2.24 bits per heavy atom. The molecule has 0 amide bonds. The van der Waals surface area contributed by atoms with Crippen LogP contribution in [0.2, 0.25) is 0 Å². The number of rotatable bonds is 3. The van der Waals surface area contributed by atoms with Crippen LogP contribution in [0.3, 0.4) is 0 Å². The molecule has 2 aromatic rings. The fourth-order valence-corrected chi connectivity index (χ4v) is 2.26. The van der Waals surface area contributed by atoms with Crippen molar-refractivity contribution in [2.24, 2.45) is 0 Å². The molecule has 88 valence electrons. The van der Waals surface area contributed by atoms with Gasteiger partial charge in [-0.25, -0.2) is 0 Å². The van der Waals surface area contributed by atoms with Gasteiger partial charge in [-0.2, -0.15) is 0 Å². The van der Waals surface area contributed by atoms with Crippen LogP contribution in [0.1, 0.15) is 17.2 Å². The van der Waals surface area contributed by atoms with Crippen LogP contribution >= 0.6 is 15.9 Å². The van der Waals surface area contributed by atoms with Gasteiger partial charge < -0.3 is 9.84 Å². The molecule has 1 N–H and O–H groups in total. The Bertz CT molecular complexity index is 511. The molecule has 0 heterocycles. The third-order valence-electron chi connectivity index (χ3n) is 2.63. The molecule has 0 radical (unpaired) electrons. The van der Waals surface area contributed by atoms with Gasteiger partial charge in [0.15, 0.2) is 0 Å². The fourth-order valence-electron chi connectivity index (χ4n) is 1.76. The number of hydrogen-bond acceptors (Lipinski definition) is 2. The second-order valence-electron chi connectivity index (χ2n) is 3.67. The smallest absolute Gasteiger partial charge is 0.125 e. The lowest BCUT2D eigenvalue weighted by Gasteiger charge is -2.16. The molecular weight excluding hydrogens is 280 g/mol. The van der Waals surface area contributed by atoms with Gasteiger partial charge in [0.2, 0.25) is 0 Å². The maximum Gasteiger partial charge on any atom is 0.125 e. The van der Waals surface area contributed by atoms with E-state index in [1.807, 2.05) is 48.5 Å². The van der Waals surface area contributed by atoms with Gasteiger partial charge in [-0.3, -0.25) is 0 Å². The standard InChI is InChI=1S/C14H13BrO2/c1-17-13-9-5-3-7-11(13)14(16)10-6-2-4-8-12(10)15/h2-9,14,16H,1H3. The lowest BCUT2D eigenvalue weighted by molar-refractivity contribution is 0.214. The predicted molar refractivity (Wildman–Crippen MR) is 71.2 cm³/mol. The number of ether oxygens (including phenoxy) is 1. The summed E-state index contributed by atoms with van der Waals surface area (Å²) in [6.45, 7) is 0. The zero-order valence-corrected chi connectivity index (χ0v) is 11.0. The summed E-state index contributed by atoms with van der Waals surface area (Å²) in [6, 6.07) is 15.1. The highest BCUT2D eigenvalue weighted by Gasteiger charge is 2.16. The molecule has 0 fully saturated rings. The number of hydrogen-bond donors (Lipinski definition) is 1. The molecule has 3 heteroatoms. The van der Waals surface area contributed by atoms with E-state index in [1.165, 1.54) is 0 Å². The van der Waals surface area contributed by atoms with Gasteiger partial charge in [0.05, 0.1) is 7.11 Å². The fraction of sp³-hybridized carbons (Fsp3) is 0.143. The summed E-state index contributed by atoms with van der Waals surface area (Å²) in [7, 11) is 1.60. The SMILES string of the molecule is COc1ccccc1C(O)c1ccccc1Br. The van der Waals surface area contributed by atoms with Crippen molar-refractivity contribution in [3.8, 4) is 5.75 Å². The normalized spacial score (nSPS) is 12.2. The van der Waals surface area contributed by atoms with Crippen molar-refractivity contribution in [2.75, 3.05) is 7.11 Å². The van der Waals surface area contributed by atoms with Gasteiger partial charge in [0, 0.05) is 10.0 Å². The van der Waals surface area contributed by atoms with Gasteiger partial charge in [-0.1, -0.05) is 52.3 Å². The summed E-state index contributed by atoms with van der Waals surface area (Å²) < 4.78 is 6.14. The number of aliphatic hydroxyl groups excluding tert-OH is 1. The summed E-state index contributed by atoms with van der Waals surface area (Å²) in [6.07, 6.45) is -0.693. The monoisotopic (exact) mass is 292 g/mol. The van der Waals surface area contributed by atoms with Crippen LogP contribution in [0.25, 0.3) is 0 Å². The van der Waals surface area contributed by atoms with Crippen LogP contribution in [0.5, 0.6) is 5.75 Å². The largest absolute Gasteiger partial charge is 0.496 e. The predicted octanol–water partition coefficient (Wildman–Crippen LogP) is 3.54. The molecular formula is C14H13BrO2. The Morgan fingerprint density at radius 1 is 1.00 bits per heavy atom. The molecule has 0 aliphatic carbocycles. The Morgan fingerprint density at radius 2 is 1.59 bits per heavy atom. The second kappa shape index (κ2) is 5.34. The van der Waals surface area contributed by atoms with Gasteiger partial charge in [0.1, 0.15) is 11.9 Å². The summed E-state index contributed by atoms with van der Waals surface area (Å²) in [5.74, 6) is 0.691. The number of halogens is 1. The average Bonchev–Trinajstić information content (AvgIpc) is 2.38. The van der Waals surface area contributed by atoms with Gasteiger partial charge in [-0.05, 0) is 17.7 Å². The zero-order valence-electron chi connectivity index (χ0n) is 9.43. The highest BCUT2D eigenvalue weighted by Crippen LogP contribution is 2.33. The van der Waals surface area contributed by atoms with E-state index in [9.17, 15) is 5.11 Å². The van der Waals surface area contributed by atoms with E-state index < -0.39 is 6.10 Å². The number of para-hydroxylation sites is 1. The molecule has 2 aromatic carbocycles. The molecule has 17 heavy (non-hydrogen) atoms. The summed E-state index contributed by atoms with van der Waals surface area (Å²) >= 11 is 3.44. The van der Waals surface area contributed by atoms with Crippen LogP contribution in [0.15, 0.2) is 53.0 Å². The zero-order chi connectivity index (χ0) is 12.3. The Hall–Kier alpha value is -1.32. The quantitative estimate of drug-likeness (QED) is 0.938. The topological polar surface area (TPSA) is 29.5 Å². The molecule has 0 spiro atoms. The maximum atomic E-state index is 10.4. The van der Waals surface area contributed by atoms with E-state index in [-0.39, 0.29) is 0 Å². The number of aliphatic hydroxyl groups is 1. The summed E-state index contributed by atoms with van der Waals surface area (Å²) in [5, 5.41) is 10.4. The molecule has 0 saturated carbocycles. The minimum absolute atomic E-state index is 0.691. The Labute approximate surface area is 109 Å². The summed E-state index contributed by atoms with van der Waals surface area (Å²) in [5.41, 5.74) is 1.60. The molecule has 0 aliphatic heterocycles. The lowest BCUT2D eigenvalue weighted by atomic mass is 10.0. The van der Waals surface area contributed by atoms with Crippen LogP contribution in [-0.2, 0) is 0 Å². The van der Waals surface area contributed by atoms with Crippen molar-refractivity contribution in [1.29, 1.82) is 0 Å². The Balaban J connectivity index is 2.44. The lowest BCUT2D eigenvalue weighted by Crippen LogP contribution is -2.02. The van der Waals surface area contributed by atoms with E-state index in [4.69, 9.17) is 4.74 Å². The van der Waals surface area contributed by atoms with Crippen molar-refractivity contribution in [3.05, 3.63) is 64.1 Å². The number of methoxy groups -OCH3 is 1. The van der Waals surface area contributed by atoms with E-state index in [2.05, 4.69) is 15.9 Å². The minimum atomic E-state index is -0.693. The highest BCUT2D eigenvalue weighted by atomic mass is 79.9. The molecule has 0 aliphatic rings. The molecule has 2 nitrogen and oxygen atoms in total. The van der Waals surface area contributed by atoms with E-state index in [1.54, 1.807) is 7.11 Å². The molecule has 0 saturated heterocycles. The first-order valence-corrected chi connectivity index (χ1v) is 6.08. The van der Waals surface area contributed by atoms with Crippen molar-refractivity contribution in [3.63, 3.8) is 0 Å². The molecule has 1 atom stereocenters. The van der Waals surface area contributed by atoms with Crippen molar-refractivity contribution in [2.45, 2.75) is 6.10 Å². The van der Waals surface area contributed by atoms with E-state index in [0.29, 0.717) is 5.75 Å². The third-order valence-corrected chi connectivity index (χ3v) is 3.36. The van der Waals surface area contributed by atoms with Gasteiger partial charge >= 0.3 is 0 Å². The van der Waals surface area contributed by atoms with Crippen LogP contribution in [0.4, 0.5) is 0 Å². The average molecular weight is 293 g/mol. The number of benzene rings is 2. The third kappa shape index (κ3) is 2.51. The first-order chi connectivity index (χ1) is 8.24. The van der Waals surface area contributed by atoms with Crippen LogP contribution in [-0.4, -0.2) is 12.2 Å². The summed E-state index contributed by atoms with van der Waals surface area (Å²) in [4.78, 5) is 0. The highest BCUT2D eigenvalue weighted by molar-refractivity contribution is 9.10. The van der Waals surface area contributed by atoms with Crippen LogP contribution in [0, 0.1) is 0 Å². The van der Waals surface area contributed by atoms with E-state index >= 15 is 0 Å². The first-order valence-electron chi connectivity index (χ1n) is 5.29. The van der Waals surface area contributed by atoms with Crippen LogP contribution < -0.4 is 4.74 Å². The van der Waals surface area contributed by atoms with Crippen molar-refractivity contribution < 1.29 is 9.84 Å². The molecule has 2 rings (SSSR count). The van der Waals surface area contributed by atoms with Gasteiger partial charge in [-0.15, -0.1) is 0 Å². The maximum absolute atomic E-state index is 10.4. The van der Waals surface area contributed by atoms with E-state index in [0.717, 1.165) is 15.6 Å².